The van der Waals surface area contributed by atoms with Crippen molar-refractivity contribution in [1.82, 2.24) is 0 Å². The maximum Gasteiger partial charge on any atom is 0.143 e. The van der Waals surface area contributed by atoms with Crippen molar-refractivity contribution in [2.75, 3.05) is 26.2 Å². The fourth-order valence-electron chi connectivity index (χ4n) is 5.14. The minimum Gasteiger partial charge on any atom is -0.497 e. The highest BCUT2D eigenvalue weighted by Gasteiger charge is 2.45. The summed E-state index contributed by atoms with van der Waals surface area (Å²) in [6.07, 6.45) is 0. The lowest BCUT2D eigenvalue weighted by Gasteiger charge is -2.44. The maximum absolute atomic E-state index is 10.1. The quantitative estimate of drug-likeness (QED) is 0.336. The van der Waals surface area contributed by atoms with E-state index in [0.29, 0.717) is 17.2 Å². The normalized spacial score (nSPS) is 15.4. The average molecular weight is 499 g/mol. The van der Waals surface area contributed by atoms with Crippen LogP contribution in [0.3, 0.4) is 0 Å². The predicted molar refractivity (Wildman–Crippen MR) is 139 cm³/mol. The van der Waals surface area contributed by atoms with Gasteiger partial charge in [-0.3, -0.25) is 0 Å². The van der Waals surface area contributed by atoms with Crippen molar-refractivity contribution in [2.24, 2.45) is 0 Å². The Kier molecular flexibility index (Phi) is 4.62. The third kappa shape index (κ3) is 2.87. The summed E-state index contributed by atoms with van der Waals surface area (Å²) in [5.41, 5.74) is 3.66. The van der Waals surface area contributed by atoms with E-state index in [1.807, 2.05) is 60.7 Å². The summed E-state index contributed by atoms with van der Waals surface area (Å²) < 4.78 is 29.6. The van der Waals surface area contributed by atoms with E-state index in [9.17, 15) is 5.11 Å². The number of aliphatic hydroxyl groups excluding tert-OH is 1. The molecule has 0 fully saturated rings. The zero-order valence-corrected chi connectivity index (χ0v) is 20.8. The van der Waals surface area contributed by atoms with Crippen molar-refractivity contribution in [3.63, 3.8) is 0 Å². The van der Waals surface area contributed by atoms with Gasteiger partial charge in [0.1, 0.15) is 40.2 Å². The minimum atomic E-state index is -0.991. The SMILES string of the molecule is COc1ccc(N2c3cc(CO)cc4c3P3c5c(cc(OC)cc5Oc5cc(OC)cc2c53)O4)cc1. The van der Waals surface area contributed by atoms with Crippen LogP contribution in [0.15, 0.2) is 60.7 Å². The van der Waals surface area contributed by atoms with Gasteiger partial charge in [0.15, 0.2) is 0 Å². The van der Waals surface area contributed by atoms with Crippen LogP contribution < -0.4 is 44.5 Å². The van der Waals surface area contributed by atoms with Crippen LogP contribution in [0.25, 0.3) is 0 Å². The number of benzene rings is 4. The molecule has 3 aliphatic heterocycles. The lowest BCUT2D eigenvalue weighted by Crippen LogP contribution is -2.40. The summed E-state index contributed by atoms with van der Waals surface area (Å²) in [4.78, 5) is 2.18. The molecule has 7 nitrogen and oxygen atoms in total. The molecule has 8 heteroatoms. The number of rotatable bonds is 5. The Bertz CT molecular complexity index is 1460. The van der Waals surface area contributed by atoms with E-state index < -0.39 is 7.92 Å². The molecule has 0 aromatic heterocycles. The molecule has 36 heavy (non-hydrogen) atoms. The summed E-state index contributed by atoms with van der Waals surface area (Å²) in [6.45, 7) is -0.104. The highest BCUT2D eigenvalue weighted by atomic mass is 31.1. The summed E-state index contributed by atoms with van der Waals surface area (Å²) in [7, 11) is 3.95. The molecule has 0 aliphatic carbocycles. The first-order valence-electron chi connectivity index (χ1n) is 11.5. The molecule has 1 unspecified atom stereocenters. The van der Waals surface area contributed by atoms with Crippen LogP contribution in [-0.2, 0) is 6.61 Å². The number of ether oxygens (including phenoxy) is 5. The molecule has 0 bridgehead atoms. The van der Waals surface area contributed by atoms with Crippen LogP contribution in [0.1, 0.15) is 5.56 Å². The zero-order valence-electron chi connectivity index (χ0n) is 19.9. The standard InChI is InChI=1S/C28H22NO6P/c1-31-17-6-4-16(5-7-17)29-20-8-15(14-30)9-22-26(20)36-27-21(29)10-18(32-2)11-23(27)35-25-13-19(33-3)12-24(34-22)28(25)36/h4-13,30H,14H2,1-3H3. The summed E-state index contributed by atoms with van der Waals surface area (Å²) in [5.74, 6) is 5.06. The summed E-state index contributed by atoms with van der Waals surface area (Å²) >= 11 is 0. The average Bonchev–Trinajstić information content (AvgIpc) is 2.92. The van der Waals surface area contributed by atoms with Crippen LogP contribution in [0.2, 0.25) is 0 Å². The van der Waals surface area contributed by atoms with Crippen LogP contribution in [0.4, 0.5) is 17.1 Å². The Morgan fingerprint density at radius 2 is 1.19 bits per heavy atom. The molecule has 0 saturated heterocycles. The lowest BCUT2D eigenvalue weighted by molar-refractivity contribution is 0.281. The molecule has 0 radical (unpaired) electrons. The zero-order chi connectivity index (χ0) is 24.6. The molecule has 180 valence electrons. The van der Waals surface area contributed by atoms with Crippen LogP contribution >= 0.6 is 7.92 Å². The predicted octanol–water partition coefficient (Wildman–Crippen LogP) is 4.96. The molecule has 0 saturated carbocycles. The number of aliphatic hydroxyl groups is 1. The Labute approximate surface area is 209 Å². The second kappa shape index (κ2) is 7.79. The molecule has 4 aromatic carbocycles. The van der Waals surface area contributed by atoms with Gasteiger partial charge in [-0.25, -0.2) is 0 Å². The fraction of sp³-hybridized carbons (Fsp3) is 0.143. The Morgan fingerprint density at radius 1 is 0.667 bits per heavy atom. The molecule has 0 spiro atoms. The summed E-state index contributed by atoms with van der Waals surface area (Å²) in [5, 5.41) is 13.4. The topological polar surface area (TPSA) is 69.6 Å². The Morgan fingerprint density at radius 3 is 1.78 bits per heavy atom. The smallest absolute Gasteiger partial charge is 0.143 e. The van der Waals surface area contributed by atoms with Gasteiger partial charge in [-0.1, -0.05) is 0 Å². The molecular weight excluding hydrogens is 477 g/mol. The van der Waals surface area contributed by atoms with Crippen molar-refractivity contribution >= 4 is 40.9 Å². The lowest BCUT2D eigenvalue weighted by atomic mass is 10.1. The van der Waals surface area contributed by atoms with Crippen molar-refractivity contribution in [3.05, 3.63) is 66.2 Å². The van der Waals surface area contributed by atoms with Gasteiger partial charge in [0, 0.05) is 37.9 Å². The Hall–Kier alpha value is -3.93. The van der Waals surface area contributed by atoms with Gasteiger partial charge in [0.2, 0.25) is 0 Å². The first-order valence-corrected chi connectivity index (χ1v) is 12.8. The molecule has 1 atom stereocenters. The molecule has 3 aliphatic rings. The van der Waals surface area contributed by atoms with Gasteiger partial charge in [-0.05, 0) is 42.0 Å². The Balaban J connectivity index is 1.58. The highest BCUT2D eigenvalue weighted by molar-refractivity contribution is 7.81. The van der Waals surface area contributed by atoms with Crippen molar-refractivity contribution < 1.29 is 28.8 Å². The van der Waals surface area contributed by atoms with Gasteiger partial charge in [0.25, 0.3) is 0 Å². The number of methoxy groups -OCH3 is 3. The number of anilines is 3. The summed E-state index contributed by atoms with van der Waals surface area (Å²) in [6, 6.07) is 19.7. The molecule has 4 aromatic rings. The number of hydrogen-bond acceptors (Lipinski definition) is 7. The molecule has 7 rings (SSSR count). The van der Waals surface area contributed by atoms with Crippen LogP contribution in [0.5, 0.6) is 40.2 Å². The third-order valence-corrected chi connectivity index (χ3v) is 9.41. The molecular formula is C28H22NO6P. The largest absolute Gasteiger partial charge is 0.497 e. The van der Waals surface area contributed by atoms with E-state index in [1.165, 1.54) is 0 Å². The minimum absolute atomic E-state index is 0.104. The third-order valence-electron chi connectivity index (χ3n) is 6.73. The first-order chi connectivity index (χ1) is 17.6. The van der Waals surface area contributed by atoms with Gasteiger partial charge in [-0.15, -0.1) is 0 Å². The van der Waals surface area contributed by atoms with E-state index in [2.05, 4.69) is 4.90 Å². The maximum atomic E-state index is 10.1. The van der Waals surface area contributed by atoms with Gasteiger partial charge in [-0.2, -0.15) is 0 Å². The van der Waals surface area contributed by atoms with Crippen molar-refractivity contribution in [1.29, 1.82) is 0 Å². The molecule has 1 N–H and O–H groups in total. The second-order valence-corrected chi connectivity index (χ2v) is 10.7. The number of nitrogens with zero attached hydrogens (tertiary/aromatic N) is 1. The molecule has 3 heterocycles. The first kappa shape index (κ1) is 21.4. The van der Waals surface area contributed by atoms with E-state index in [1.54, 1.807) is 21.3 Å². The van der Waals surface area contributed by atoms with E-state index >= 15 is 0 Å². The van der Waals surface area contributed by atoms with E-state index in [0.717, 1.165) is 61.5 Å². The van der Waals surface area contributed by atoms with E-state index in [-0.39, 0.29) is 6.61 Å². The van der Waals surface area contributed by atoms with Crippen molar-refractivity contribution in [2.45, 2.75) is 6.61 Å². The van der Waals surface area contributed by atoms with Crippen LogP contribution in [-0.4, -0.2) is 26.4 Å². The van der Waals surface area contributed by atoms with E-state index in [4.69, 9.17) is 23.7 Å². The van der Waals surface area contributed by atoms with Gasteiger partial charge < -0.3 is 33.7 Å². The molecule has 0 amide bonds. The highest BCUT2D eigenvalue weighted by Crippen LogP contribution is 2.61. The van der Waals surface area contributed by atoms with Gasteiger partial charge >= 0.3 is 0 Å². The fourth-order valence-corrected chi connectivity index (χ4v) is 7.92. The number of hydrogen-bond donors (Lipinski definition) is 1. The van der Waals surface area contributed by atoms with Crippen molar-refractivity contribution in [3.8, 4) is 40.2 Å². The monoisotopic (exact) mass is 499 g/mol. The second-order valence-electron chi connectivity index (χ2n) is 8.66. The van der Waals surface area contributed by atoms with Gasteiger partial charge in [0.05, 0.1) is 55.2 Å². The van der Waals surface area contributed by atoms with Crippen LogP contribution in [0, 0.1) is 0 Å².